The molecule has 4 heteroatoms. The Labute approximate surface area is 111 Å². The highest BCUT2D eigenvalue weighted by molar-refractivity contribution is 6.04. The SMILES string of the molecule is Cc1ccc(F)cc1NC(=O)c1cccc(CN)c1. The molecule has 3 N–H and O–H groups in total. The van der Waals surface area contributed by atoms with Crippen LogP contribution in [-0.2, 0) is 6.54 Å². The number of hydrogen-bond acceptors (Lipinski definition) is 2. The van der Waals surface area contributed by atoms with Crippen LogP contribution in [0.4, 0.5) is 10.1 Å². The van der Waals surface area contributed by atoms with Gasteiger partial charge in [0.2, 0.25) is 0 Å². The maximum atomic E-state index is 13.2. The molecule has 0 aliphatic rings. The second-order valence-electron chi connectivity index (χ2n) is 4.32. The summed E-state index contributed by atoms with van der Waals surface area (Å²) in [5.74, 6) is -0.652. The van der Waals surface area contributed by atoms with Crippen molar-refractivity contribution in [2.24, 2.45) is 5.73 Å². The number of nitrogens with one attached hydrogen (secondary N) is 1. The van der Waals surface area contributed by atoms with Gasteiger partial charge in [-0.15, -0.1) is 0 Å². The van der Waals surface area contributed by atoms with Gasteiger partial charge in [0.15, 0.2) is 0 Å². The number of aryl methyl sites for hydroxylation is 1. The minimum atomic E-state index is -0.378. The van der Waals surface area contributed by atoms with Crippen molar-refractivity contribution in [1.29, 1.82) is 0 Å². The van der Waals surface area contributed by atoms with E-state index in [9.17, 15) is 9.18 Å². The highest BCUT2D eigenvalue weighted by Gasteiger charge is 2.08. The topological polar surface area (TPSA) is 55.1 Å². The summed E-state index contributed by atoms with van der Waals surface area (Å²) in [7, 11) is 0. The van der Waals surface area contributed by atoms with Gasteiger partial charge in [0.1, 0.15) is 5.82 Å². The molecule has 0 heterocycles. The molecule has 98 valence electrons. The molecule has 0 aliphatic carbocycles. The van der Waals surface area contributed by atoms with Crippen molar-refractivity contribution < 1.29 is 9.18 Å². The number of nitrogens with two attached hydrogens (primary N) is 1. The quantitative estimate of drug-likeness (QED) is 0.889. The molecule has 0 aromatic heterocycles. The molecule has 2 aromatic carbocycles. The Hall–Kier alpha value is -2.20. The van der Waals surface area contributed by atoms with Crippen LogP contribution < -0.4 is 11.1 Å². The van der Waals surface area contributed by atoms with E-state index in [0.717, 1.165) is 11.1 Å². The number of hydrogen-bond donors (Lipinski definition) is 2. The third-order valence-corrected chi connectivity index (χ3v) is 2.87. The predicted molar refractivity (Wildman–Crippen MR) is 73.4 cm³/mol. The third-order valence-electron chi connectivity index (χ3n) is 2.87. The molecule has 0 aliphatic heterocycles. The molecule has 0 unspecified atom stereocenters. The molecule has 0 bridgehead atoms. The second-order valence-corrected chi connectivity index (χ2v) is 4.32. The Balaban J connectivity index is 2.22. The van der Waals surface area contributed by atoms with Crippen molar-refractivity contribution >= 4 is 11.6 Å². The van der Waals surface area contributed by atoms with Gasteiger partial charge in [0, 0.05) is 17.8 Å². The van der Waals surface area contributed by atoms with E-state index in [4.69, 9.17) is 5.73 Å². The average molecular weight is 258 g/mol. The number of anilines is 1. The molecule has 0 atom stereocenters. The van der Waals surface area contributed by atoms with Crippen molar-refractivity contribution in [3.05, 3.63) is 65.0 Å². The molecule has 2 rings (SSSR count). The van der Waals surface area contributed by atoms with Crippen LogP contribution >= 0.6 is 0 Å². The number of amides is 1. The summed E-state index contributed by atoms with van der Waals surface area (Å²) >= 11 is 0. The van der Waals surface area contributed by atoms with Gasteiger partial charge >= 0.3 is 0 Å². The summed E-state index contributed by atoms with van der Waals surface area (Å²) in [6.45, 7) is 2.19. The predicted octanol–water partition coefficient (Wildman–Crippen LogP) is 2.85. The van der Waals surface area contributed by atoms with Crippen molar-refractivity contribution in [3.8, 4) is 0 Å². The van der Waals surface area contributed by atoms with Gasteiger partial charge in [0.25, 0.3) is 5.91 Å². The van der Waals surface area contributed by atoms with Gasteiger partial charge in [-0.05, 0) is 42.3 Å². The maximum Gasteiger partial charge on any atom is 0.255 e. The fourth-order valence-corrected chi connectivity index (χ4v) is 1.76. The zero-order valence-corrected chi connectivity index (χ0v) is 10.6. The van der Waals surface area contributed by atoms with Gasteiger partial charge in [-0.25, -0.2) is 4.39 Å². The lowest BCUT2D eigenvalue weighted by molar-refractivity contribution is 0.102. The van der Waals surface area contributed by atoms with Crippen molar-refractivity contribution in [1.82, 2.24) is 0 Å². The van der Waals surface area contributed by atoms with E-state index in [-0.39, 0.29) is 11.7 Å². The Bertz CT molecular complexity index is 611. The van der Waals surface area contributed by atoms with Crippen LogP contribution in [0.5, 0.6) is 0 Å². The van der Waals surface area contributed by atoms with Gasteiger partial charge in [-0.2, -0.15) is 0 Å². The first-order valence-electron chi connectivity index (χ1n) is 5.96. The second kappa shape index (κ2) is 5.63. The molecule has 0 saturated carbocycles. The van der Waals surface area contributed by atoms with Crippen LogP contribution in [0.1, 0.15) is 21.5 Å². The summed E-state index contributed by atoms with van der Waals surface area (Å²) in [5.41, 5.74) is 8.20. The molecule has 0 saturated heterocycles. The van der Waals surface area contributed by atoms with Crippen molar-refractivity contribution in [2.45, 2.75) is 13.5 Å². The van der Waals surface area contributed by atoms with E-state index < -0.39 is 0 Å². The van der Waals surface area contributed by atoms with E-state index >= 15 is 0 Å². The van der Waals surface area contributed by atoms with E-state index in [1.54, 1.807) is 24.3 Å². The minimum absolute atomic E-state index is 0.274. The van der Waals surface area contributed by atoms with Crippen LogP contribution in [0, 0.1) is 12.7 Å². The van der Waals surface area contributed by atoms with E-state index in [0.29, 0.717) is 17.8 Å². The number of carbonyl (C=O) groups excluding carboxylic acids is 1. The van der Waals surface area contributed by atoms with Gasteiger partial charge in [-0.3, -0.25) is 4.79 Å². The molecule has 2 aromatic rings. The largest absolute Gasteiger partial charge is 0.326 e. The zero-order valence-electron chi connectivity index (χ0n) is 10.6. The highest BCUT2D eigenvalue weighted by atomic mass is 19.1. The van der Waals surface area contributed by atoms with Crippen LogP contribution in [0.3, 0.4) is 0 Å². The molecular weight excluding hydrogens is 243 g/mol. The summed E-state index contributed by atoms with van der Waals surface area (Å²) in [4.78, 5) is 12.1. The molecule has 19 heavy (non-hydrogen) atoms. The van der Waals surface area contributed by atoms with Crippen molar-refractivity contribution in [3.63, 3.8) is 0 Å². The monoisotopic (exact) mass is 258 g/mol. The lowest BCUT2D eigenvalue weighted by atomic mass is 10.1. The molecule has 0 radical (unpaired) electrons. The maximum absolute atomic E-state index is 13.2. The van der Waals surface area contributed by atoms with Crippen LogP contribution in [0.25, 0.3) is 0 Å². The lowest BCUT2D eigenvalue weighted by Crippen LogP contribution is -2.13. The number of carbonyl (C=O) groups is 1. The number of benzene rings is 2. The Morgan fingerprint density at radius 2 is 2.05 bits per heavy atom. The summed E-state index contributed by atoms with van der Waals surface area (Å²) in [6, 6.07) is 11.3. The Kier molecular flexibility index (Phi) is 3.92. The summed E-state index contributed by atoms with van der Waals surface area (Å²) in [6.07, 6.45) is 0. The number of rotatable bonds is 3. The average Bonchev–Trinajstić information content (AvgIpc) is 2.43. The van der Waals surface area contributed by atoms with Gasteiger partial charge < -0.3 is 11.1 Å². The lowest BCUT2D eigenvalue weighted by Gasteiger charge is -2.09. The zero-order chi connectivity index (χ0) is 13.8. The first-order valence-corrected chi connectivity index (χ1v) is 5.96. The number of halogens is 1. The van der Waals surface area contributed by atoms with E-state index in [1.807, 2.05) is 13.0 Å². The van der Waals surface area contributed by atoms with E-state index in [1.165, 1.54) is 12.1 Å². The molecule has 3 nitrogen and oxygen atoms in total. The van der Waals surface area contributed by atoms with Gasteiger partial charge in [0.05, 0.1) is 0 Å². The highest BCUT2D eigenvalue weighted by Crippen LogP contribution is 2.17. The summed E-state index contributed by atoms with van der Waals surface area (Å²) in [5, 5.41) is 2.70. The first kappa shape index (κ1) is 13.2. The Morgan fingerprint density at radius 1 is 1.26 bits per heavy atom. The smallest absolute Gasteiger partial charge is 0.255 e. The van der Waals surface area contributed by atoms with Gasteiger partial charge in [-0.1, -0.05) is 18.2 Å². The van der Waals surface area contributed by atoms with Crippen molar-refractivity contribution in [2.75, 3.05) is 5.32 Å². The summed E-state index contributed by atoms with van der Waals surface area (Å²) < 4.78 is 13.2. The molecule has 1 amide bonds. The minimum Gasteiger partial charge on any atom is -0.326 e. The Morgan fingerprint density at radius 3 is 2.79 bits per heavy atom. The fourth-order valence-electron chi connectivity index (χ4n) is 1.76. The van der Waals surface area contributed by atoms with Crippen LogP contribution in [0.2, 0.25) is 0 Å². The van der Waals surface area contributed by atoms with E-state index in [2.05, 4.69) is 5.32 Å². The molecule has 0 fully saturated rings. The standard InChI is InChI=1S/C15H15FN2O/c1-10-5-6-13(16)8-14(10)18-15(19)12-4-2-3-11(7-12)9-17/h2-8H,9,17H2,1H3,(H,18,19). The third kappa shape index (κ3) is 3.17. The van der Waals surface area contributed by atoms with Crippen LogP contribution in [-0.4, -0.2) is 5.91 Å². The molecular formula is C15H15FN2O. The van der Waals surface area contributed by atoms with Crippen LogP contribution in [0.15, 0.2) is 42.5 Å². The fraction of sp³-hybridized carbons (Fsp3) is 0.133. The first-order chi connectivity index (χ1) is 9.10. The normalized spacial score (nSPS) is 10.3. The molecule has 0 spiro atoms.